The first-order valence-corrected chi connectivity index (χ1v) is 7.06. The van der Waals surface area contributed by atoms with Gasteiger partial charge in [0.2, 0.25) is 0 Å². The van der Waals surface area contributed by atoms with Crippen LogP contribution in [-0.2, 0) is 0 Å². The highest BCUT2D eigenvalue weighted by Crippen LogP contribution is 2.16. The van der Waals surface area contributed by atoms with Gasteiger partial charge in [-0.05, 0) is 37.8 Å². The predicted octanol–water partition coefficient (Wildman–Crippen LogP) is 4.80. The second kappa shape index (κ2) is 8.63. The fourth-order valence-electron chi connectivity index (χ4n) is 1.63. The van der Waals surface area contributed by atoms with Gasteiger partial charge >= 0.3 is 0 Å². The Hall–Kier alpha value is -0.500. The van der Waals surface area contributed by atoms with Gasteiger partial charge in [-0.1, -0.05) is 47.5 Å². The predicted molar refractivity (Wildman–Crippen MR) is 73.4 cm³/mol. The van der Waals surface area contributed by atoms with Gasteiger partial charge in [-0.2, -0.15) is 0 Å². The summed E-state index contributed by atoms with van der Waals surface area (Å²) in [7, 11) is 0. The highest BCUT2D eigenvalue weighted by molar-refractivity contribution is 9.09. The number of ether oxygens (including phenoxy) is 1. The smallest absolute Gasteiger partial charge is 0.119 e. The van der Waals surface area contributed by atoms with Crippen molar-refractivity contribution in [3.63, 3.8) is 0 Å². The van der Waals surface area contributed by atoms with Gasteiger partial charge < -0.3 is 4.74 Å². The summed E-state index contributed by atoms with van der Waals surface area (Å²) in [5.41, 5.74) is 0. The number of para-hydroxylation sites is 1. The summed E-state index contributed by atoms with van der Waals surface area (Å²) in [4.78, 5) is 0.689. The summed E-state index contributed by atoms with van der Waals surface area (Å²) in [5, 5.41) is 0. The molecule has 0 aliphatic carbocycles. The first-order valence-electron chi connectivity index (χ1n) is 6.15. The highest BCUT2D eigenvalue weighted by Gasteiger charge is 2.01. The van der Waals surface area contributed by atoms with Crippen LogP contribution in [0.4, 0.5) is 0 Å². The zero-order chi connectivity index (χ0) is 11.6. The lowest BCUT2D eigenvalue weighted by Crippen LogP contribution is -2.01. The molecule has 16 heavy (non-hydrogen) atoms. The molecule has 0 amide bonds. The third kappa shape index (κ3) is 6.16. The zero-order valence-electron chi connectivity index (χ0n) is 9.99. The van der Waals surface area contributed by atoms with Crippen molar-refractivity contribution in [2.24, 2.45) is 0 Å². The number of hydrogen-bond donors (Lipinski definition) is 0. The van der Waals surface area contributed by atoms with Crippen molar-refractivity contribution in [1.82, 2.24) is 0 Å². The lowest BCUT2D eigenvalue weighted by atomic mass is 10.1. The van der Waals surface area contributed by atoms with Gasteiger partial charge in [0.25, 0.3) is 0 Å². The molecule has 0 fully saturated rings. The lowest BCUT2D eigenvalue weighted by molar-refractivity contribution is 0.305. The van der Waals surface area contributed by atoms with E-state index < -0.39 is 0 Å². The van der Waals surface area contributed by atoms with E-state index in [2.05, 4.69) is 22.9 Å². The molecule has 1 aromatic carbocycles. The van der Waals surface area contributed by atoms with Gasteiger partial charge in [0.05, 0.1) is 6.61 Å². The van der Waals surface area contributed by atoms with Gasteiger partial charge in [-0.15, -0.1) is 0 Å². The third-order valence-electron chi connectivity index (χ3n) is 2.53. The van der Waals surface area contributed by atoms with Gasteiger partial charge in [0, 0.05) is 4.83 Å². The molecule has 0 N–H and O–H groups in total. The summed E-state index contributed by atoms with van der Waals surface area (Å²) in [6.45, 7) is 3.06. The van der Waals surface area contributed by atoms with E-state index in [1.807, 2.05) is 30.3 Å². The average Bonchev–Trinajstić information content (AvgIpc) is 2.30. The van der Waals surface area contributed by atoms with E-state index in [1.165, 1.54) is 25.7 Å². The average molecular weight is 285 g/mol. The van der Waals surface area contributed by atoms with Crippen molar-refractivity contribution < 1.29 is 4.74 Å². The Morgan fingerprint density at radius 3 is 2.56 bits per heavy atom. The molecule has 1 rings (SSSR count). The van der Waals surface area contributed by atoms with Crippen LogP contribution in [0, 0.1) is 0 Å². The molecular weight excluding hydrogens is 264 g/mol. The normalized spacial score (nSPS) is 12.4. The molecule has 1 unspecified atom stereocenters. The Morgan fingerprint density at radius 1 is 1.12 bits per heavy atom. The van der Waals surface area contributed by atoms with E-state index in [0.717, 1.165) is 18.8 Å². The van der Waals surface area contributed by atoms with Gasteiger partial charge in [-0.3, -0.25) is 0 Å². The largest absolute Gasteiger partial charge is 0.494 e. The van der Waals surface area contributed by atoms with E-state index in [9.17, 15) is 0 Å². The highest BCUT2D eigenvalue weighted by atomic mass is 79.9. The maximum Gasteiger partial charge on any atom is 0.119 e. The van der Waals surface area contributed by atoms with Crippen molar-refractivity contribution in [2.75, 3.05) is 6.61 Å². The molecule has 2 heteroatoms. The van der Waals surface area contributed by atoms with E-state index >= 15 is 0 Å². The number of halogens is 1. The van der Waals surface area contributed by atoms with Crippen LogP contribution in [0.15, 0.2) is 30.3 Å². The number of unbranched alkanes of at least 4 members (excludes halogenated alkanes) is 1. The van der Waals surface area contributed by atoms with Crippen molar-refractivity contribution >= 4 is 15.9 Å². The topological polar surface area (TPSA) is 9.23 Å². The zero-order valence-corrected chi connectivity index (χ0v) is 11.6. The Labute approximate surface area is 107 Å². The van der Waals surface area contributed by atoms with E-state index in [-0.39, 0.29) is 0 Å². The van der Waals surface area contributed by atoms with Crippen molar-refractivity contribution in [1.29, 1.82) is 0 Å². The Kier molecular flexibility index (Phi) is 7.32. The van der Waals surface area contributed by atoms with Crippen LogP contribution in [0.5, 0.6) is 5.75 Å². The Bertz CT molecular complexity index is 261. The molecular formula is C14H21BrO. The van der Waals surface area contributed by atoms with E-state index in [1.54, 1.807) is 0 Å². The molecule has 1 nitrogen and oxygen atoms in total. The molecule has 0 saturated carbocycles. The Balaban J connectivity index is 2.00. The number of rotatable bonds is 8. The van der Waals surface area contributed by atoms with Crippen molar-refractivity contribution in [3.05, 3.63) is 30.3 Å². The van der Waals surface area contributed by atoms with E-state index in [0.29, 0.717) is 4.83 Å². The Morgan fingerprint density at radius 2 is 1.88 bits per heavy atom. The fourth-order valence-corrected chi connectivity index (χ4v) is 2.41. The van der Waals surface area contributed by atoms with Crippen LogP contribution in [-0.4, -0.2) is 11.4 Å². The standard InChI is InChI=1S/C14H21BrO/c1-2-8-13(15)9-6-7-12-16-14-10-4-3-5-11-14/h3-5,10-11,13H,2,6-9,12H2,1H3. The molecule has 0 bridgehead atoms. The van der Waals surface area contributed by atoms with Gasteiger partial charge in [0.1, 0.15) is 5.75 Å². The van der Waals surface area contributed by atoms with Crippen LogP contribution in [0.2, 0.25) is 0 Å². The first kappa shape index (κ1) is 13.6. The molecule has 90 valence electrons. The molecule has 0 radical (unpaired) electrons. The van der Waals surface area contributed by atoms with Crippen molar-refractivity contribution in [3.8, 4) is 5.75 Å². The van der Waals surface area contributed by atoms with Crippen LogP contribution >= 0.6 is 15.9 Å². The number of hydrogen-bond acceptors (Lipinski definition) is 1. The molecule has 0 spiro atoms. The molecule has 0 saturated heterocycles. The molecule has 0 heterocycles. The van der Waals surface area contributed by atoms with E-state index in [4.69, 9.17) is 4.74 Å². The minimum atomic E-state index is 0.689. The minimum absolute atomic E-state index is 0.689. The SMILES string of the molecule is CCCC(Br)CCCCOc1ccccc1. The van der Waals surface area contributed by atoms with Crippen LogP contribution in [0.1, 0.15) is 39.0 Å². The maximum atomic E-state index is 5.63. The summed E-state index contributed by atoms with van der Waals surface area (Å²) in [6, 6.07) is 10.0. The summed E-state index contributed by atoms with van der Waals surface area (Å²) < 4.78 is 5.63. The molecule has 0 aliphatic rings. The quantitative estimate of drug-likeness (QED) is 0.492. The van der Waals surface area contributed by atoms with Gasteiger partial charge in [-0.25, -0.2) is 0 Å². The second-order valence-electron chi connectivity index (χ2n) is 4.04. The summed E-state index contributed by atoms with van der Waals surface area (Å²) >= 11 is 3.69. The summed E-state index contributed by atoms with van der Waals surface area (Å²) in [5.74, 6) is 0.978. The fraction of sp³-hybridized carbons (Fsp3) is 0.571. The minimum Gasteiger partial charge on any atom is -0.494 e. The molecule has 1 atom stereocenters. The van der Waals surface area contributed by atoms with Crippen LogP contribution in [0.25, 0.3) is 0 Å². The number of benzene rings is 1. The molecule has 0 aliphatic heterocycles. The van der Waals surface area contributed by atoms with Crippen LogP contribution in [0.3, 0.4) is 0 Å². The maximum absolute atomic E-state index is 5.63. The third-order valence-corrected chi connectivity index (χ3v) is 3.44. The first-order chi connectivity index (χ1) is 7.83. The molecule has 0 aromatic heterocycles. The second-order valence-corrected chi connectivity index (χ2v) is 5.34. The molecule has 1 aromatic rings. The van der Waals surface area contributed by atoms with Crippen molar-refractivity contribution in [2.45, 2.75) is 43.9 Å². The monoisotopic (exact) mass is 284 g/mol. The van der Waals surface area contributed by atoms with Crippen LogP contribution < -0.4 is 4.74 Å². The lowest BCUT2D eigenvalue weighted by Gasteiger charge is -2.08. The summed E-state index contributed by atoms with van der Waals surface area (Å²) in [6.07, 6.45) is 6.17. The van der Waals surface area contributed by atoms with Gasteiger partial charge in [0.15, 0.2) is 0 Å². The number of alkyl halides is 1.